The van der Waals surface area contributed by atoms with Crippen molar-refractivity contribution in [3.8, 4) is 0 Å². The van der Waals surface area contributed by atoms with Gasteiger partial charge in [-0.3, -0.25) is 9.59 Å². The monoisotopic (exact) mass is 362 g/mol. The molecule has 0 aliphatic heterocycles. The molecule has 22 heavy (non-hydrogen) atoms. The average molecular weight is 363 g/mol. The minimum Gasteiger partial charge on any atom is -0.481 e. The summed E-state index contributed by atoms with van der Waals surface area (Å²) in [6.07, 6.45) is 7.70. The summed E-state index contributed by atoms with van der Waals surface area (Å²) in [7, 11) is 0. The van der Waals surface area contributed by atoms with Gasteiger partial charge in [0.15, 0.2) is 0 Å². The second-order valence-electron chi connectivity index (χ2n) is 6.42. The molecule has 3 aliphatic carbocycles. The van der Waals surface area contributed by atoms with E-state index in [1.54, 1.807) is 18.3 Å². The lowest BCUT2D eigenvalue weighted by atomic mass is 9.82. The van der Waals surface area contributed by atoms with Crippen molar-refractivity contribution in [1.82, 2.24) is 4.98 Å². The molecule has 114 valence electrons. The van der Waals surface area contributed by atoms with Crippen LogP contribution in [0.4, 0.5) is 5.69 Å². The summed E-state index contributed by atoms with van der Waals surface area (Å²) >= 11 is 3.25. The number of carboxylic acid groups (broad SMARTS) is 1. The number of halogens is 1. The van der Waals surface area contributed by atoms with Crippen molar-refractivity contribution in [2.24, 2.45) is 29.1 Å². The predicted octanol–water partition coefficient (Wildman–Crippen LogP) is 2.70. The molecule has 5 nitrogen and oxygen atoms in total. The number of allylic oxidation sites excluding steroid dienone is 2. The molecule has 2 fully saturated rings. The van der Waals surface area contributed by atoms with E-state index in [1.165, 1.54) is 0 Å². The van der Waals surface area contributed by atoms with E-state index in [4.69, 9.17) is 0 Å². The highest BCUT2D eigenvalue weighted by Gasteiger charge is 2.70. The zero-order valence-electron chi connectivity index (χ0n) is 11.7. The second-order valence-corrected chi connectivity index (χ2v) is 7.23. The molecule has 1 amide bonds. The molecule has 1 aromatic heterocycles. The lowest BCUT2D eigenvalue weighted by Gasteiger charge is -2.23. The Morgan fingerprint density at radius 1 is 1.23 bits per heavy atom. The van der Waals surface area contributed by atoms with E-state index in [9.17, 15) is 14.7 Å². The highest BCUT2D eigenvalue weighted by atomic mass is 79.9. The van der Waals surface area contributed by atoms with Crippen LogP contribution < -0.4 is 5.32 Å². The van der Waals surface area contributed by atoms with Gasteiger partial charge in [-0.15, -0.1) is 0 Å². The number of amides is 1. The van der Waals surface area contributed by atoms with Crippen molar-refractivity contribution >= 4 is 33.5 Å². The first-order valence-corrected chi connectivity index (χ1v) is 8.16. The van der Waals surface area contributed by atoms with Crippen molar-refractivity contribution in [3.05, 3.63) is 35.1 Å². The smallest absolute Gasteiger partial charge is 0.307 e. The SMILES string of the molecule is O=C(O)[C@H]1[C@H](C(=O)Nc2ccc(Br)nc2)[C@@H]2C=C[C@H]1C21CC1. The van der Waals surface area contributed by atoms with Crippen LogP contribution in [0.15, 0.2) is 35.1 Å². The quantitative estimate of drug-likeness (QED) is 0.639. The van der Waals surface area contributed by atoms with Gasteiger partial charge in [0.25, 0.3) is 0 Å². The summed E-state index contributed by atoms with van der Waals surface area (Å²) in [6, 6.07) is 3.49. The Morgan fingerprint density at radius 3 is 2.45 bits per heavy atom. The van der Waals surface area contributed by atoms with Gasteiger partial charge in [-0.25, -0.2) is 4.98 Å². The molecule has 2 bridgehead atoms. The van der Waals surface area contributed by atoms with E-state index in [-0.39, 0.29) is 23.2 Å². The number of anilines is 1. The summed E-state index contributed by atoms with van der Waals surface area (Å²) in [6.45, 7) is 0. The number of rotatable bonds is 3. The Bertz CT molecular complexity index is 681. The molecule has 4 rings (SSSR count). The van der Waals surface area contributed by atoms with Crippen molar-refractivity contribution in [1.29, 1.82) is 0 Å². The molecule has 0 radical (unpaired) electrons. The Hall–Kier alpha value is -1.69. The number of pyridine rings is 1. The number of nitrogens with one attached hydrogen (secondary N) is 1. The van der Waals surface area contributed by atoms with Crippen LogP contribution in [0.5, 0.6) is 0 Å². The van der Waals surface area contributed by atoms with Gasteiger partial charge in [0.05, 0.1) is 23.7 Å². The maximum Gasteiger partial charge on any atom is 0.307 e. The summed E-state index contributed by atoms with van der Waals surface area (Å²) in [4.78, 5) is 28.4. The van der Waals surface area contributed by atoms with E-state index in [1.807, 2.05) is 6.08 Å². The van der Waals surface area contributed by atoms with Crippen LogP contribution in [0.2, 0.25) is 0 Å². The van der Waals surface area contributed by atoms with Crippen LogP contribution in [0, 0.1) is 29.1 Å². The molecule has 0 aromatic carbocycles. The van der Waals surface area contributed by atoms with Crippen LogP contribution in [0.1, 0.15) is 12.8 Å². The molecule has 0 unspecified atom stereocenters. The van der Waals surface area contributed by atoms with E-state index < -0.39 is 17.8 Å². The van der Waals surface area contributed by atoms with Gasteiger partial charge in [0.2, 0.25) is 5.91 Å². The third-order valence-electron chi connectivity index (χ3n) is 5.42. The number of aliphatic carboxylic acids is 1. The van der Waals surface area contributed by atoms with Gasteiger partial charge in [0, 0.05) is 0 Å². The maximum absolute atomic E-state index is 12.7. The molecule has 1 aromatic rings. The summed E-state index contributed by atoms with van der Waals surface area (Å²) < 4.78 is 0.689. The Morgan fingerprint density at radius 2 is 1.91 bits per heavy atom. The molecule has 6 heteroatoms. The van der Waals surface area contributed by atoms with Gasteiger partial charge >= 0.3 is 5.97 Å². The Kier molecular flexibility index (Phi) is 2.95. The van der Waals surface area contributed by atoms with Gasteiger partial charge in [0.1, 0.15) is 4.60 Å². The van der Waals surface area contributed by atoms with E-state index in [0.29, 0.717) is 10.3 Å². The number of carboxylic acids is 1. The summed E-state index contributed by atoms with van der Waals surface area (Å²) in [5.74, 6) is -2.10. The number of carbonyl (C=O) groups excluding carboxylic acids is 1. The molecule has 1 spiro atoms. The number of nitrogens with zero attached hydrogens (tertiary/aromatic N) is 1. The van der Waals surface area contributed by atoms with Crippen LogP contribution in [-0.2, 0) is 9.59 Å². The fourth-order valence-electron chi connectivity index (χ4n) is 4.37. The first-order chi connectivity index (χ1) is 10.5. The topological polar surface area (TPSA) is 79.3 Å². The van der Waals surface area contributed by atoms with Crippen LogP contribution >= 0.6 is 15.9 Å². The lowest BCUT2D eigenvalue weighted by Crippen LogP contribution is -2.36. The normalized spacial score (nSPS) is 33.1. The number of hydrogen-bond acceptors (Lipinski definition) is 3. The van der Waals surface area contributed by atoms with Gasteiger partial charge < -0.3 is 10.4 Å². The third-order valence-corrected chi connectivity index (χ3v) is 5.89. The molecular formula is C16H15BrN2O3. The number of carbonyl (C=O) groups is 2. The van der Waals surface area contributed by atoms with Gasteiger partial charge in [-0.2, -0.15) is 0 Å². The van der Waals surface area contributed by atoms with Gasteiger partial charge in [-0.1, -0.05) is 12.2 Å². The minimum atomic E-state index is -0.864. The van der Waals surface area contributed by atoms with Crippen molar-refractivity contribution in [2.75, 3.05) is 5.32 Å². The largest absolute Gasteiger partial charge is 0.481 e. The zero-order chi connectivity index (χ0) is 15.5. The minimum absolute atomic E-state index is 0.00814. The van der Waals surface area contributed by atoms with Gasteiger partial charge in [-0.05, 0) is 58.2 Å². The van der Waals surface area contributed by atoms with Crippen molar-refractivity contribution in [2.45, 2.75) is 12.8 Å². The fourth-order valence-corrected chi connectivity index (χ4v) is 4.60. The van der Waals surface area contributed by atoms with Crippen LogP contribution in [-0.4, -0.2) is 22.0 Å². The standard InChI is InChI=1S/C16H15BrN2O3/c17-11-4-1-8(7-18-11)19-14(20)12-9-2-3-10(13(12)15(21)22)16(9)5-6-16/h1-4,7,9-10,12-13H,5-6H2,(H,19,20)(H,21,22)/t9-,10+,12+,13+/m0/s1. The van der Waals surface area contributed by atoms with Crippen LogP contribution in [0.3, 0.4) is 0 Å². The zero-order valence-corrected chi connectivity index (χ0v) is 13.3. The summed E-state index contributed by atoms with van der Waals surface area (Å²) in [5.41, 5.74) is 0.636. The molecule has 2 N–H and O–H groups in total. The fraction of sp³-hybridized carbons (Fsp3) is 0.438. The first-order valence-electron chi connectivity index (χ1n) is 7.36. The Labute approximate surface area is 135 Å². The molecule has 4 atom stereocenters. The number of hydrogen-bond donors (Lipinski definition) is 2. The van der Waals surface area contributed by atoms with Crippen molar-refractivity contribution in [3.63, 3.8) is 0 Å². The Balaban J connectivity index is 1.60. The van der Waals surface area contributed by atoms with Crippen molar-refractivity contribution < 1.29 is 14.7 Å². The first kappa shape index (κ1) is 13.9. The highest BCUT2D eigenvalue weighted by molar-refractivity contribution is 9.10. The summed E-state index contributed by atoms with van der Waals surface area (Å²) in [5, 5.41) is 12.4. The molecule has 0 saturated heterocycles. The van der Waals surface area contributed by atoms with E-state index >= 15 is 0 Å². The molecular weight excluding hydrogens is 348 g/mol. The van der Waals surface area contributed by atoms with E-state index in [0.717, 1.165) is 12.8 Å². The molecule has 3 aliphatic rings. The molecule has 2 saturated carbocycles. The second kappa shape index (κ2) is 4.65. The highest BCUT2D eigenvalue weighted by Crippen LogP contribution is 2.72. The molecule has 1 heterocycles. The number of aromatic nitrogens is 1. The lowest BCUT2D eigenvalue weighted by molar-refractivity contribution is -0.146. The third kappa shape index (κ3) is 1.86. The van der Waals surface area contributed by atoms with E-state index in [2.05, 4.69) is 32.3 Å². The maximum atomic E-state index is 12.7. The predicted molar refractivity (Wildman–Crippen MR) is 83.0 cm³/mol. The van der Waals surface area contributed by atoms with Crippen LogP contribution in [0.25, 0.3) is 0 Å². The average Bonchev–Trinajstić information content (AvgIpc) is 3.15.